The number of nitrogens with two attached hydrogens (primary N) is 1. The smallest absolute Gasteiger partial charge is 0.241 e. The summed E-state index contributed by atoms with van der Waals surface area (Å²) < 4.78 is 5.02. The Labute approximate surface area is 94.0 Å². The van der Waals surface area contributed by atoms with Crippen LogP contribution in [0.25, 0.3) is 0 Å². The summed E-state index contributed by atoms with van der Waals surface area (Å²) in [4.78, 5) is 15.7. The van der Waals surface area contributed by atoms with Gasteiger partial charge in [-0.05, 0) is 24.5 Å². The molecule has 1 aromatic rings. The molecule has 1 atom stereocenters. The second-order valence-electron chi connectivity index (χ2n) is 3.90. The maximum Gasteiger partial charge on any atom is 0.241 e. The quantitative estimate of drug-likeness (QED) is 0.759. The molecule has 5 heteroatoms. The normalized spacial score (nSPS) is 19.9. The SMILES string of the molecule is COCc1cc2c(cn1)NC(=O)C(N)CC2. The van der Waals surface area contributed by atoms with Crippen LogP contribution in [0.5, 0.6) is 0 Å². The van der Waals surface area contributed by atoms with E-state index >= 15 is 0 Å². The van der Waals surface area contributed by atoms with E-state index in [-0.39, 0.29) is 5.91 Å². The van der Waals surface area contributed by atoms with E-state index in [1.54, 1.807) is 13.3 Å². The van der Waals surface area contributed by atoms with Crippen LogP contribution in [0.3, 0.4) is 0 Å². The summed E-state index contributed by atoms with van der Waals surface area (Å²) in [6, 6.07) is 1.52. The van der Waals surface area contributed by atoms with Gasteiger partial charge in [0.2, 0.25) is 5.91 Å². The molecule has 1 aromatic heterocycles. The minimum atomic E-state index is -0.432. The second kappa shape index (κ2) is 4.59. The first kappa shape index (κ1) is 11.0. The van der Waals surface area contributed by atoms with Crippen LogP contribution < -0.4 is 11.1 Å². The van der Waals surface area contributed by atoms with Gasteiger partial charge in [-0.1, -0.05) is 0 Å². The van der Waals surface area contributed by atoms with Gasteiger partial charge < -0.3 is 15.8 Å². The van der Waals surface area contributed by atoms with Gasteiger partial charge in [0.15, 0.2) is 0 Å². The summed E-state index contributed by atoms with van der Waals surface area (Å²) in [5, 5.41) is 2.77. The zero-order valence-electron chi connectivity index (χ0n) is 9.19. The fraction of sp³-hybridized carbons (Fsp3) is 0.455. The van der Waals surface area contributed by atoms with Gasteiger partial charge in [0.05, 0.1) is 30.2 Å². The second-order valence-corrected chi connectivity index (χ2v) is 3.90. The van der Waals surface area contributed by atoms with Crippen molar-refractivity contribution in [2.24, 2.45) is 5.73 Å². The van der Waals surface area contributed by atoms with Crippen LogP contribution in [0, 0.1) is 0 Å². The van der Waals surface area contributed by atoms with Crippen LogP contribution in [0.1, 0.15) is 17.7 Å². The number of aryl methyl sites for hydroxylation is 1. The number of nitrogens with one attached hydrogen (secondary N) is 1. The molecule has 0 saturated carbocycles. The lowest BCUT2D eigenvalue weighted by Crippen LogP contribution is -2.34. The highest BCUT2D eigenvalue weighted by Gasteiger charge is 2.20. The van der Waals surface area contributed by atoms with Crippen molar-refractivity contribution >= 4 is 11.6 Å². The third-order valence-electron chi connectivity index (χ3n) is 2.66. The Balaban J connectivity index is 2.27. The van der Waals surface area contributed by atoms with E-state index in [0.29, 0.717) is 13.0 Å². The number of pyridine rings is 1. The van der Waals surface area contributed by atoms with E-state index in [2.05, 4.69) is 10.3 Å². The van der Waals surface area contributed by atoms with Crippen LogP contribution in [-0.2, 0) is 22.6 Å². The first-order chi connectivity index (χ1) is 7.70. The van der Waals surface area contributed by atoms with Gasteiger partial charge in [-0.3, -0.25) is 9.78 Å². The van der Waals surface area contributed by atoms with E-state index in [1.165, 1.54) is 0 Å². The largest absolute Gasteiger partial charge is 0.378 e. The molecular formula is C11H15N3O2. The number of anilines is 1. The predicted molar refractivity (Wildman–Crippen MR) is 59.9 cm³/mol. The van der Waals surface area contributed by atoms with Crippen molar-refractivity contribution in [3.63, 3.8) is 0 Å². The van der Waals surface area contributed by atoms with Crippen molar-refractivity contribution in [1.82, 2.24) is 4.98 Å². The molecule has 2 rings (SSSR count). The standard InChI is InChI=1S/C11H15N3O2/c1-16-6-8-4-7-2-3-9(12)11(15)14-10(7)5-13-8/h4-5,9H,2-3,6,12H2,1H3,(H,14,15). The van der Waals surface area contributed by atoms with Gasteiger partial charge in [-0.15, -0.1) is 0 Å². The van der Waals surface area contributed by atoms with Crippen molar-refractivity contribution < 1.29 is 9.53 Å². The van der Waals surface area contributed by atoms with Crippen LogP contribution in [0.2, 0.25) is 0 Å². The Hall–Kier alpha value is -1.46. The minimum Gasteiger partial charge on any atom is -0.378 e. The summed E-state index contributed by atoms with van der Waals surface area (Å²) in [6.45, 7) is 0.479. The predicted octanol–water partition coefficient (Wildman–Crippen LogP) is 0.440. The number of carbonyl (C=O) groups is 1. The molecule has 3 N–H and O–H groups in total. The lowest BCUT2D eigenvalue weighted by atomic mass is 10.1. The van der Waals surface area contributed by atoms with Gasteiger partial charge in [-0.25, -0.2) is 0 Å². The van der Waals surface area contributed by atoms with E-state index in [9.17, 15) is 4.79 Å². The Morgan fingerprint density at radius 1 is 1.69 bits per heavy atom. The summed E-state index contributed by atoms with van der Waals surface area (Å²) in [5.41, 5.74) is 8.40. The van der Waals surface area contributed by atoms with Crippen LogP contribution in [0.4, 0.5) is 5.69 Å². The Morgan fingerprint density at radius 3 is 3.25 bits per heavy atom. The fourth-order valence-corrected chi connectivity index (χ4v) is 1.76. The molecule has 1 aliphatic rings. The number of methoxy groups -OCH3 is 1. The molecule has 0 saturated heterocycles. The molecule has 0 fully saturated rings. The first-order valence-electron chi connectivity index (χ1n) is 5.24. The van der Waals surface area contributed by atoms with E-state index in [1.807, 2.05) is 6.07 Å². The van der Waals surface area contributed by atoms with E-state index in [0.717, 1.165) is 23.4 Å². The lowest BCUT2D eigenvalue weighted by Gasteiger charge is -2.08. The fourth-order valence-electron chi connectivity index (χ4n) is 1.76. The van der Waals surface area contributed by atoms with Gasteiger partial charge in [0, 0.05) is 7.11 Å². The number of aromatic nitrogens is 1. The maximum absolute atomic E-state index is 11.5. The minimum absolute atomic E-state index is 0.139. The monoisotopic (exact) mass is 221 g/mol. The highest BCUT2D eigenvalue weighted by atomic mass is 16.5. The number of nitrogens with zero attached hydrogens (tertiary/aromatic N) is 1. The average molecular weight is 221 g/mol. The van der Waals surface area contributed by atoms with Crippen molar-refractivity contribution in [3.8, 4) is 0 Å². The molecule has 1 aliphatic heterocycles. The molecular weight excluding hydrogens is 206 g/mol. The Kier molecular flexibility index (Phi) is 3.17. The highest BCUT2D eigenvalue weighted by molar-refractivity contribution is 5.95. The number of amides is 1. The van der Waals surface area contributed by atoms with E-state index in [4.69, 9.17) is 10.5 Å². The summed E-state index contributed by atoms with van der Waals surface area (Å²) in [6.07, 6.45) is 3.11. The Morgan fingerprint density at radius 2 is 2.50 bits per heavy atom. The average Bonchev–Trinajstić information content (AvgIpc) is 2.41. The van der Waals surface area contributed by atoms with Crippen LogP contribution in [-0.4, -0.2) is 24.0 Å². The summed E-state index contributed by atoms with van der Waals surface area (Å²) in [5.74, 6) is -0.139. The van der Waals surface area contributed by atoms with Crippen molar-refractivity contribution in [1.29, 1.82) is 0 Å². The molecule has 1 unspecified atom stereocenters. The van der Waals surface area contributed by atoms with Gasteiger partial charge in [0.1, 0.15) is 0 Å². The molecule has 1 amide bonds. The number of hydrogen-bond donors (Lipinski definition) is 2. The number of ether oxygens (including phenoxy) is 1. The van der Waals surface area contributed by atoms with Crippen molar-refractivity contribution in [3.05, 3.63) is 23.5 Å². The van der Waals surface area contributed by atoms with Crippen molar-refractivity contribution in [2.45, 2.75) is 25.5 Å². The van der Waals surface area contributed by atoms with Crippen LogP contribution >= 0.6 is 0 Å². The molecule has 2 heterocycles. The number of hydrogen-bond acceptors (Lipinski definition) is 4. The molecule has 16 heavy (non-hydrogen) atoms. The molecule has 86 valence electrons. The maximum atomic E-state index is 11.5. The molecule has 0 aliphatic carbocycles. The third kappa shape index (κ3) is 2.20. The number of fused-ring (bicyclic) bond motifs is 1. The van der Waals surface area contributed by atoms with E-state index < -0.39 is 6.04 Å². The molecule has 0 bridgehead atoms. The summed E-state index contributed by atoms with van der Waals surface area (Å²) >= 11 is 0. The topological polar surface area (TPSA) is 77.2 Å². The molecule has 0 spiro atoms. The number of rotatable bonds is 2. The van der Waals surface area contributed by atoms with Gasteiger partial charge in [-0.2, -0.15) is 0 Å². The van der Waals surface area contributed by atoms with Gasteiger partial charge in [0.25, 0.3) is 0 Å². The number of carbonyl (C=O) groups excluding carboxylic acids is 1. The van der Waals surface area contributed by atoms with Gasteiger partial charge >= 0.3 is 0 Å². The highest BCUT2D eigenvalue weighted by Crippen LogP contribution is 2.21. The summed E-state index contributed by atoms with van der Waals surface area (Å²) in [7, 11) is 1.63. The molecule has 5 nitrogen and oxygen atoms in total. The Bertz CT molecular complexity index is 406. The lowest BCUT2D eigenvalue weighted by molar-refractivity contribution is -0.117. The van der Waals surface area contributed by atoms with Crippen LogP contribution in [0.15, 0.2) is 12.3 Å². The first-order valence-corrected chi connectivity index (χ1v) is 5.24. The zero-order chi connectivity index (χ0) is 11.5. The molecule has 0 aromatic carbocycles. The molecule has 0 radical (unpaired) electrons. The zero-order valence-corrected chi connectivity index (χ0v) is 9.19. The third-order valence-corrected chi connectivity index (χ3v) is 2.66. The van der Waals surface area contributed by atoms with Crippen molar-refractivity contribution in [2.75, 3.05) is 12.4 Å².